The average Bonchev–Trinajstić information content (AvgIpc) is 2.87. The number of hydrogen-bond donors (Lipinski definition) is 1. The number of ether oxygens (including phenoxy) is 1. The number of hydrazone groups is 1. The second kappa shape index (κ2) is 15.2. The zero-order valence-electron chi connectivity index (χ0n) is 22.3. The summed E-state index contributed by atoms with van der Waals surface area (Å²) in [7, 11) is 0. The van der Waals surface area contributed by atoms with Crippen LogP contribution in [0.5, 0.6) is 5.88 Å². The van der Waals surface area contributed by atoms with Crippen LogP contribution >= 0.6 is 0 Å². The highest BCUT2D eigenvalue weighted by atomic mass is 16.5. The van der Waals surface area contributed by atoms with E-state index in [0.717, 1.165) is 50.3 Å². The lowest BCUT2D eigenvalue weighted by molar-refractivity contribution is -0.120. The molecule has 1 N–H and O–H groups in total. The molecule has 1 aliphatic rings. The first-order valence-electron chi connectivity index (χ1n) is 13.6. The summed E-state index contributed by atoms with van der Waals surface area (Å²) in [6.07, 6.45) is 8.85. The molecule has 0 aliphatic carbocycles. The molecule has 2 heterocycles. The van der Waals surface area contributed by atoms with E-state index in [1.54, 1.807) is 6.21 Å². The number of carbonyl (C=O) groups is 1. The Balaban J connectivity index is 1.61. The maximum absolute atomic E-state index is 12.4. The SMILES string of the molecule is CCCN(CCC)c1cc(N/N=C/c2cccc(C)c2)nc(OCCCC(=O)CN2CCCCC2)c1. The van der Waals surface area contributed by atoms with E-state index in [1.807, 2.05) is 24.3 Å². The van der Waals surface area contributed by atoms with Crippen LogP contribution in [0.3, 0.4) is 0 Å². The zero-order valence-corrected chi connectivity index (χ0v) is 22.3. The van der Waals surface area contributed by atoms with E-state index >= 15 is 0 Å². The molecule has 0 unspecified atom stereocenters. The van der Waals surface area contributed by atoms with Gasteiger partial charge in [0.15, 0.2) is 5.82 Å². The number of likely N-dealkylation sites (tertiary alicyclic amines) is 1. The summed E-state index contributed by atoms with van der Waals surface area (Å²) in [6.45, 7) is 11.5. The molecule has 0 atom stereocenters. The fourth-order valence-electron chi connectivity index (χ4n) is 4.53. The van der Waals surface area contributed by atoms with Crippen LogP contribution in [0.4, 0.5) is 11.5 Å². The Morgan fingerprint density at radius 2 is 1.92 bits per heavy atom. The third kappa shape index (κ3) is 9.61. The van der Waals surface area contributed by atoms with Gasteiger partial charge in [-0.05, 0) is 57.7 Å². The van der Waals surface area contributed by atoms with Gasteiger partial charge in [0.25, 0.3) is 0 Å². The Morgan fingerprint density at radius 1 is 1.14 bits per heavy atom. The van der Waals surface area contributed by atoms with Gasteiger partial charge in [0.2, 0.25) is 5.88 Å². The number of rotatable bonds is 15. The second-order valence-corrected chi connectivity index (χ2v) is 9.65. The lowest BCUT2D eigenvalue weighted by atomic mass is 10.1. The first-order chi connectivity index (χ1) is 17.6. The van der Waals surface area contributed by atoms with Crippen LogP contribution in [-0.4, -0.2) is 61.2 Å². The summed E-state index contributed by atoms with van der Waals surface area (Å²) in [5.74, 6) is 1.50. The lowest BCUT2D eigenvalue weighted by Gasteiger charge is -2.25. The molecule has 1 aliphatic heterocycles. The number of carbonyl (C=O) groups excluding carboxylic acids is 1. The molecule has 196 valence electrons. The third-order valence-corrected chi connectivity index (χ3v) is 6.27. The second-order valence-electron chi connectivity index (χ2n) is 9.65. The average molecular weight is 494 g/mol. The van der Waals surface area contributed by atoms with Crippen LogP contribution in [0.15, 0.2) is 41.5 Å². The van der Waals surface area contributed by atoms with E-state index in [9.17, 15) is 4.79 Å². The van der Waals surface area contributed by atoms with Crippen LogP contribution in [0, 0.1) is 6.92 Å². The number of benzene rings is 1. The van der Waals surface area contributed by atoms with Crippen molar-refractivity contribution in [2.45, 2.75) is 65.7 Å². The van der Waals surface area contributed by atoms with Crippen LogP contribution in [0.1, 0.15) is 69.9 Å². The predicted octanol–water partition coefficient (Wildman–Crippen LogP) is 5.68. The molecule has 0 radical (unpaired) electrons. The maximum Gasteiger partial charge on any atom is 0.217 e. The summed E-state index contributed by atoms with van der Waals surface area (Å²) in [5.41, 5.74) is 6.37. The number of nitrogens with zero attached hydrogens (tertiary/aromatic N) is 4. The van der Waals surface area contributed by atoms with Gasteiger partial charge in [0.05, 0.1) is 19.4 Å². The molecule has 1 saturated heterocycles. The number of piperidine rings is 1. The lowest BCUT2D eigenvalue weighted by Crippen LogP contribution is -2.34. The highest BCUT2D eigenvalue weighted by molar-refractivity contribution is 5.80. The molecule has 7 heteroatoms. The number of anilines is 2. The first kappa shape index (κ1) is 27.7. The number of pyridine rings is 1. The highest BCUT2D eigenvalue weighted by Crippen LogP contribution is 2.25. The largest absolute Gasteiger partial charge is 0.478 e. The summed E-state index contributed by atoms with van der Waals surface area (Å²) < 4.78 is 6.02. The topological polar surface area (TPSA) is 70.1 Å². The van der Waals surface area contributed by atoms with Crippen molar-refractivity contribution in [3.05, 3.63) is 47.5 Å². The van der Waals surface area contributed by atoms with Crippen molar-refractivity contribution < 1.29 is 9.53 Å². The van der Waals surface area contributed by atoms with Gasteiger partial charge in [-0.3, -0.25) is 15.1 Å². The minimum Gasteiger partial charge on any atom is -0.478 e. The van der Waals surface area contributed by atoms with Crippen molar-refractivity contribution in [2.75, 3.05) is 49.7 Å². The van der Waals surface area contributed by atoms with Gasteiger partial charge < -0.3 is 9.64 Å². The van der Waals surface area contributed by atoms with Gasteiger partial charge in [-0.25, -0.2) is 0 Å². The van der Waals surface area contributed by atoms with Crippen molar-refractivity contribution in [3.8, 4) is 5.88 Å². The summed E-state index contributed by atoms with van der Waals surface area (Å²) in [5, 5.41) is 4.40. The van der Waals surface area contributed by atoms with Crippen molar-refractivity contribution in [1.82, 2.24) is 9.88 Å². The molecule has 36 heavy (non-hydrogen) atoms. The van der Waals surface area contributed by atoms with Crippen molar-refractivity contribution in [1.29, 1.82) is 0 Å². The summed E-state index contributed by atoms with van der Waals surface area (Å²) in [6, 6.07) is 12.2. The first-order valence-corrected chi connectivity index (χ1v) is 13.6. The van der Waals surface area contributed by atoms with E-state index in [0.29, 0.717) is 43.5 Å². The monoisotopic (exact) mass is 493 g/mol. The number of aromatic nitrogens is 1. The summed E-state index contributed by atoms with van der Waals surface area (Å²) >= 11 is 0. The number of hydrogen-bond acceptors (Lipinski definition) is 7. The molecule has 0 bridgehead atoms. The van der Waals surface area contributed by atoms with Crippen LogP contribution in [0.2, 0.25) is 0 Å². The molecule has 3 rings (SSSR count). The smallest absolute Gasteiger partial charge is 0.217 e. The Labute approximate surface area is 216 Å². The van der Waals surface area contributed by atoms with Gasteiger partial charge in [-0.1, -0.05) is 50.1 Å². The molecule has 1 aromatic carbocycles. The molecule has 1 fully saturated rings. The molecule has 2 aromatic rings. The molecule has 7 nitrogen and oxygen atoms in total. The molecular formula is C29H43N5O2. The quantitative estimate of drug-likeness (QED) is 0.196. The Morgan fingerprint density at radius 3 is 2.64 bits per heavy atom. The third-order valence-electron chi connectivity index (χ3n) is 6.27. The van der Waals surface area contributed by atoms with E-state index in [1.165, 1.54) is 24.8 Å². The van der Waals surface area contributed by atoms with E-state index < -0.39 is 0 Å². The van der Waals surface area contributed by atoms with E-state index in [-0.39, 0.29) is 0 Å². The van der Waals surface area contributed by atoms with Crippen molar-refractivity contribution >= 4 is 23.5 Å². The fraction of sp³-hybridized carbons (Fsp3) is 0.552. The van der Waals surface area contributed by atoms with Gasteiger partial charge in [-0.15, -0.1) is 0 Å². The molecule has 0 saturated carbocycles. The van der Waals surface area contributed by atoms with Crippen LogP contribution in [-0.2, 0) is 4.79 Å². The normalized spacial score (nSPS) is 14.2. The van der Waals surface area contributed by atoms with Gasteiger partial charge in [0.1, 0.15) is 5.78 Å². The number of ketones is 1. The number of Topliss-reactive ketones (excluding diaryl/α,β-unsaturated/α-hetero) is 1. The van der Waals surface area contributed by atoms with Gasteiger partial charge in [-0.2, -0.15) is 10.1 Å². The molecule has 0 amide bonds. The van der Waals surface area contributed by atoms with Crippen molar-refractivity contribution in [2.24, 2.45) is 5.10 Å². The van der Waals surface area contributed by atoms with Crippen LogP contribution in [0.25, 0.3) is 0 Å². The van der Waals surface area contributed by atoms with E-state index in [2.05, 4.69) is 58.2 Å². The molecular weight excluding hydrogens is 450 g/mol. The maximum atomic E-state index is 12.4. The highest BCUT2D eigenvalue weighted by Gasteiger charge is 2.14. The minimum absolute atomic E-state index is 0.298. The zero-order chi connectivity index (χ0) is 25.6. The van der Waals surface area contributed by atoms with E-state index in [4.69, 9.17) is 4.74 Å². The Bertz CT molecular complexity index is 966. The fourth-order valence-corrected chi connectivity index (χ4v) is 4.53. The van der Waals surface area contributed by atoms with Gasteiger partial charge >= 0.3 is 0 Å². The summed E-state index contributed by atoms with van der Waals surface area (Å²) in [4.78, 5) is 21.6. The standard InChI is InChI=1S/C29H43N5O2/c1-4-14-34(15-5-2)26-20-28(32-30-22-25-12-9-11-24(3)19-25)31-29(21-26)36-18-10-13-27(35)23-33-16-7-6-8-17-33/h9,11-12,19-22H,4-8,10,13-18,23H2,1-3H3,(H,31,32)/b30-22+. The molecule has 0 spiro atoms. The molecule has 1 aromatic heterocycles. The Hall–Kier alpha value is -2.93. The Kier molecular flexibility index (Phi) is 11.7. The predicted molar refractivity (Wildman–Crippen MR) is 149 cm³/mol. The number of nitrogens with one attached hydrogen (secondary N) is 1. The number of aryl methyl sites for hydroxylation is 1. The minimum atomic E-state index is 0.298. The van der Waals surface area contributed by atoms with Crippen LogP contribution < -0.4 is 15.1 Å². The van der Waals surface area contributed by atoms with Gasteiger partial charge in [0, 0.05) is 37.3 Å². The van der Waals surface area contributed by atoms with Crippen molar-refractivity contribution in [3.63, 3.8) is 0 Å².